The smallest absolute Gasteiger partial charge is 0.210 e. The van der Waals surface area contributed by atoms with Gasteiger partial charge in [-0.05, 0) is 13.0 Å². The minimum Gasteiger partial charge on any atom is -0.472 e. The van der Waals surface area contributed by atoms with E-state index in [1.165, 1.54) is 13.0 Å². The summed E-state index contributed by atoms with van der Waals surface area (Å²) in [6.07, 6.45) is -8.03. The minimum absolute atomic E-state index is 0.635. The van der Waals surface area contributed by atoms with Crippen molar-refractivity contribution in [3.63, 3.8) is 0 Å². The predicted octanol–water partition coefficient (Wildman–Crippen LogP) is -3.09. The third-order valence-electron chi connectivity index (χ3n) is 5.37. The lowest BCUT2D eigenvalue weighted by molar-refractivity contribution is -0.351. The van der Waals surface area contributed by atoms with E-state index in [4.69, 9.17) is 14.2 Å². The van der Waals surface area contributed by atoms with Crippen molar-refractivity contribution in [2.75, 3.05) is 6.61 Å². The van der Waals surface area contributed by atoms with Crippen LogP contribution in [0.2, 0.25) is 0 Å². The van der Waals surface area contributed by atoms with Crippen LogP contribution in [0, 0.1) is 5.92 Å². The zero-order valence-corrected chi connectivity index (χ0v) is 15.4. The molecule has 1 aliphatic carbocycles. The Morgan fingerprint density at radius 3 is 2.35 bits per heavy atom. The van der Waals surface area contributed by atoms with Crippen LogP contribution in [0.3, 0.4) is 0 Å². The summed E-state index contributed by atoms with van der Waals surface area (Å²) >= 11 is 3.16. The van der Waals surface area contributed by atoms with Crippen molar-refractivity contribution < 1.29 is 50.0 Å². The van der Waals surface area contributed by atoms with Crippen molar-refractivity contribution in [1.29, 1.82) is 0 Å². The summed E-state index contributed by atoms with van der Waals surface area (Å²) in [5.74, 6) is -1.17. The van der Waals surface area contributed by atoms with E-state index in [1.54, 1.807) is 0 Å². The summed E-state index contributed by atoms with van der Waals surface area (Å²) in [5, 5.41) is 70.9. The fraction of sp³-hybridized carbons (Fsp3) is 0.867. The van der Waals surface area contributed by atoms with E-state index in [9.17, 15) is 35.7 Å². The first-order chi connectivity index (χ1) is 12.1. The van der Waals surface area contributed by atoms with Crippen LogP contribution in [-0.4, -0.2) is 101 Å². The van der Waals surface area contributed by atoms with Gasteiger partial charge in [-0.2, -0.15) is 0 Å². The molecular weight excluding hydrogens is 420 g/mol. The normalized spacial score (nSPS) is 56.9. The topological polar surface area (TPSA) is 169 Å². The Kier molecular flexibility index (Phi) is 5.43. The van der Waals surface area contributed by atoms with Crippen LogP contribution in [0.15, 0.2) is 12.3 Å². The fourth-order valence-electron chi connectivity index (χ4n) is 3.80. The molecule has 10 nitrogen and oxygen atoms in total. The van der Waals surface area contributed by atoms with Gasteiger partial charge in [0.15, 0.2) is 6.29 Å². The number of alkyl halides is 1. The van der Waals surface area contributed by atoms with Crippen LogP contribution in [0.1, 0.15) is 6.92 Å². The molecule has 11 atom stereocenters. The largest absolute Gasteiger partial charge is 0.472 e. The molecule has 1 saturated heterocycles. The Hall–Kier alpha value is -0.340. The molecule has 1 saturated carbocycles. The molecule has 0 aromatic heterocycles. The Morgan fingerprint density at radius 1 is 1.08 bits per heavy atom. The first-order valence-corrected chi connectivity index (χ1v) is 9.03. The number of aliphatic hydroxyl groups excluding tert-OH is 5. The molecule has 11 heteroatoms. The van der Waals surface area contributed by atoms with Crippen LogP contribution in [0.4, 0.5) is 0 Å². The third-order valence-corrected chi connectivity index (χ3v) is 6.80. The highest BCUT2D eigenvalue weighted by Gasteiger charge is 2.68. The highest BCUT2D eigenvalue weighted by atomic mass is 79.9. The van der Waals surface area contributed by atoms with E-state index < -0.39 is 71.7 Å². The van der Waals surface area contributed by atoms with Gasteiger partial charge in [-0.1, -0.05) is 15.9 Å². The Morgan fingerprint density at radius 2 is 1.73 bits per heavy atom. The number of hydrogen-bond acceptors (Lipinski definition) is 10. The summed E-state index contributed by atoms with van der Waals surface area (Å²) < 4.78 is 16.1. The van der Waals surface area contributed by atoms with Gasteiger partial charge in [0.2, 0.25) is 6.29 Å². The van der Waals surface area contributed by atoms with Gasteiger partial charge in [0, 0.05) is 0 Å². The van der Waals surface area contributed by atoms with E-state index >= 15 is 0 Å². The highest BCUT2D eigenvalue weighted by molar-refractivity contribution is 9.09. The van der Waals surface area contributed by atoms with Crippen LogP contribution in [0.25, 0.3) is 0 Å². The Labute approximate surface area is 157 Å². The van der Waals surface area contributed by atoms with Crippen molar-refractivity contribution in [2.45, 2.75) is 66.1 Å². The molecule has 0 aromatic carbocycles. The van der Waals surface area contributed by atoms with E-state index in [2.05, 4.69) is 15.9 Å². The second kappa shape index (κ2) is 6.92. The van der Waals surface area contributed by atoms with Crippen molar-refractivity contribution in [3.05, 3.63) is 12.3 Å². The van der Waals surface area contributed by atoms with Gasteiger partial charge in [0.05, 0.1) is 29.2 Å². The molecule has 0 radical (unpaired) electrons. The SMILES string of the molecule is C[C@@]1(O)C2C(O[C@@H]3O[C@H](CO)[C@@H](O)[C@H](O)[C@H]3O)OC=C[C@@]2(O)[C@H](O)[C@H]1Br. The summed E-state index contributed by atoms with van der Waals surface area (Å²) in [4.78, 5) is -0.905. The zero-order chi connectivity index (χ0) is 19.4. The van der Waals surface area contributed by atoms with Crippen molar-refractivity contribution in [3.8, 4) is 0 Å². The Bertz CT molecular complexity index is 557. The standard InChI is InChI=1S/C15H23BrO10/c1-14(22)9-13(24-3-2-15(9,23)11(21)10(14)16)26-12-8(20)7(19)6(18)5(4-17)25-12/h2-3,5-13,17-23H,4H2,1H3/t5-,6-,7+,8-,9?,10-,11-,12+,13?,14-,15+/m1/s1. The van der Waals surface area contributed by atoms with Gasteiger partial charge in [-0.25, -0.2) is 0 Å². The first kappa shape index (κ1) is 20.4. The lowest BCUT2D eigenvalue weighted by Gasteiger charge is -2.45. The van der Waals surface area contributed by atoms with Gasteiger partial charge >= 0.3 is 0 Å². The van der Waals surface area contributed by atoms with Gasteiger partial charge in [0.1, 0.15) is 36.1 Å². The number of fused-ring (bicyclic) bond motifs is 1. The van der Waals surface area contributed by atoms with Crippen LogP contribution < -0.4 is 0 Å². The maximum atomic E-state index is 10.8. The predicted molar refractivity (Wildman–Crippen MR) is 86.7 cm³/mol. The number of aliphatic hydroxyl groups is 7. The molecule has 3 aliphatic rings. The molecule has 3 rings (SSSR count). The van der Waals surface area contributed by atoms with Crippen molar-refractivity contribution in [1.82, 2.24) is 0 Å². The summed E-state index contributed by atoms with van der Waals surface area (Å²) in [6, 6.07) is 0. The van der Waals surface area contributed by atoms with Crippen LogP contribution in [-0.2, 0) is 14.2 Å². The maximum absolute atomic E-state index is 10.8. The zero-order valence-electron chi connectivity index (χ0n) is 13.8. The summed E-state index contributed by atoms with van der Waals surface area (Å²) in [7, 11) is 0. The molecular formula is C15H23BrO10. The van der Waals surface area contributed by atoms with Crippen LogP contribution >= 0.6 is 15.9 Å². The third kappa shape index (κ3) is 2.91. The van der Waals surface area contributed by atoms with E-state index in [-0.39, 0.29) is 0 Å². The first-order valence-electron chi connectivity index (χ1n) is 8.11. The van der Waals surface area contributed by atoms with E-state index in [0.717, 1.165) is 6.26 Å². The number of hydrogen-bond donors (Lipinski definition) is 7. The molecule has 0 spiro atoms. The minimum atomic E-state index is -1.88. The quantitative estimate of drug-likeness (QED) is 0.222. The molecule has 150 valence electrons. The molecule has 2 fully saturated rings. The fourth-order valence-corrected chi connectivity index (χ4v) is 4.51. The maximum Gasteiger partial charge on any atom is 0.210 e. The molecule has 0 aromatic rings. The number of halogens is 1. The van der Waals surface area contributed by atoms with E-state index in [1.807, 2.05) is 0 Å². The lowest BCUT2D eigenvalue weighted by atomic mass is 9.81. The van der Waals surface area contributed by atoms with Gasteiger partial charge in [-0.3, -0.25) is 0 Å². The molecule has 26 heavy (non-hydrogen) atoms. The van der Waals surface area contributed by atoms with Gasteiger partial charge in [-0.15, -0.1) is 0 Å². The summed E-state index contributed by atoms with van der Waals surface area (Å²) in [6.45, 7) is 0.744. The van der Waals surface area contributed by atoms with Crippen LogP contribution in [0.5, 0.6) is 0 Å². The summed E-state index contributed by atoms with van der Waals surface area (Å²) in [5.41, 5.74) is -3.55. The molecule has 2 aliphatic heterocycles. The van der Waals surface area contributed by atoms with E-state index in [0.29, 0.717) is 0 Å². The monoisotopic (exact) mass is 442 g/mol. The second-order valence-corrected chi connectivity index (χ2v) is 8.06. The van der Waals surface area contributed by atoms with Gasteiger partial charge < -0.3 is 50.0 Å². The molecule has 2 unspecified atom stereocenters. The molecule has 0 amide bonds. The number of ether oxygens (including phenoxy) is 3. The molecule has 0 bridgehead atoms. The number of rotatable bonds is 3. The average molecular weight is 443 g/mol. The lowest BCUT2D eigenvalue weighted by Crippen LogP contribution is -2.62. The second-order valence-electron chi connectivity index (χ2n) is 7.08. The van der Waals surface area contributed by atoms with Crippen molar-refractivity contribution in [2.24, 2.45) is 5.92 Å². The molecule has 2 heterocycles. The van der Waals surface area contributed by atoms with Gasteiger partial charge in [0.25, 0.3) is 0 Å². The average Bonchev–Trinajstić information content (AvgIpc) is 2.73. The highest BCUT2D eigenvalue weighted by Crippen LogP contribution is 2.52. The van der Waals surface area contributed by atoms with Crippen molar-refractivity contribution >= 4 is 15.9 Å². The molecule has 7 N–H and O–H groups in total. The Balaban J connectivity index is 1.85.